The van der Waals surface area contributed by atoms with Crippen LogP contribution in [0.3, 0.4) is 0 Å². The first-order valence-electron chi connectivity index (χ1n) is 19.4. The van der Waals surface area contributed by atoms with E-state index in [1.54, 1.807) is 0 Å². The van der Waals surface area contributed by atoms with Crippen LogP contribution < -0.4 is 0 Å². The van der Waals surface area contributed by atoms with Crippen molar-refractivity contribution in [2.75, 3.05) is 5.75 Å². The molecule has 45 heavy (non-hydrogen) atoms. The molecule has 0 amide bonds. The summed E-state index contributed by atoms with van der Waals surface area (Å²) in [7, 11) is -3.05. The fourth-order valence-electron chi connectivity index (χ4n) is 5.43. The zero-order valence-corrected chi connectivity index (χ0v) is 33.0. The van der Waals surface area contributed by atoms with Crippen molar-refractivity contribution >= 4 is 34.1 Å². The quantitative estimate of drug-likeness (QED) is 0.0298. The van der Waals surface area contributed by atoms with Gasteiger partial charge in [-0.05, 0) is 38.5 Å². The van der Waals surface area contributed by atoms with Gasteiger partial charge in [0.25, 0.3) is 0 Å². The Kier molecular flexibility index (Phi) is 36.0. The Hall–Kier alpha value is -0.463. The Bertz CT molecular complexity index is 592. The molecule has 0 aliphatic carbocycles. The molecule has 0 aliphatic rings. The van der Waals surface area contributed by atoms with Gasteiger partial charge in [-0.15, -0.1) is 0 Å². The monoisotopic (exact) mass is 685 g/mol. The molecule has 0 bridgehead atoms. The molecule has 0 heterocycles. The van der Waals surface area contributed by atoms with Gasteiger partial charge in [0.2, 0.25) is 0 Å². The third-order valence-corrected chi connectivity index (χ3v) is 12.3. The van der Waals surface area contributed by atoms with Gasteiger partial charge in [0.15, 0.2) is 0 Å². The largest absolute Gasteiger partial charge is 0.699 e. The molecule has 266 valence electrons. The average Bonchev–Trinajstić information content (AvgIpc) is 3.05. The molecular weight excluding hydrogens is 609 g/mol. The number of allylic oxidation sites excluding steroid dienone is 3. The molecule has 0 aliphatic heterocycles. The normalized spacial score (nSPS) is 14.1. The van der Waals surface area contributed by atoms with E-state index in [2.05, 4.69) is 51.6 Å². The number of unbranched alkanes of at least 4 members (excludes halogenated alkanes) is 24. The summed E-state index contributed by atoms with van der Waals surface area (Å²) in [6.45, 7) is 6.83. The Morgan fingerprint density at radius 2 is 0.711 bits per heavy atom. The van der Waals surface area contributed by atoms with E-state index in [1.807, 2.05) is 18.8 Å². The van der Waals surface area contributed by atoms with E-state index >= 15 is 0 Å². The number of hydrogen-bond acceptors (Lipinski definition) is 5. The number of rotatable bonds is 36. The van der Waals surface area contributed by atoms with Gasteiger partial charge in [0.05, 0.1) is 24.8 Å². The zero-order chi connectivity index (χ0) is 32.9. The highest BCUT2D eigenvalue weighted by molar-refractivity contribution is 7.84. The third-order valence-electron chi connectivity index (χ3n) is 8.40. The molecule has 3 nitrogen and oxygen atoms in total. The van der Waals surface area contributed by atoms with Crippen LogP contribution in [0.2, 0.25) is 6.04 Å². The van der Waals surface area contributed by atoms with Gasteiger partial charge in [0, 0.05) is 11.0 Å². The lowest BCUT2D eigenvalue weighted by Gasteiger charge is -2.27. The predicted octanol–water partition coefficient (Wildman–Crippen LogP) is 14.3. The van der Waals surface area contributed by atoms with Crippen molar-refractivity contribution in [2.45, 2.75) is 205 Å². The van der Waals surface area contributed by atoms with Gasteiger partial charge in [-0.1, -0.05) is 174 Å². The average molecular weight is 685 g/mol. The lowest BCUT2D eigenvalue weighted by Crippen LogP contribution is -2.44. The molecule has 0 fully saturated rings. The van der Waals surface area contributed by atoms with Gasteiger partial charge < -0.3 is 13.3 Å². The molecule has 0 aromatic rings. The fourth-order valence-corrected chi connectivity index (χ4v) is 8.56. The minimum Gasteiger partial charge on any atom is -0.490 e. The molecule has 6 heteroatoms. The highest BCUT2D eigenvalue weighted by Gasteiger charge is 2.47. The molecule has 0 N–H and O–H groups in total. The van der Waals surface area contributed by atoms with Gasteiger partial charge in [-0.2, -0.15) is 25.3 Å². The summed E-state index contributed by atoms with van der Waals surface area (Å²) >= 11 is 9.27. The van der Waals surface area contributed by atoms with Gasteiger partial charge in [-0.25, -0.2) is 0 Å². The van der Waals surface area contributed by atoms with E-state index < -0.39 is 8.80 Å². The molecule has 0 radical (unpaired) electrons. The summed E-state index contributed by atoms with van der Waals surface area (Å²) in [6, 6.07) is 0.617. The van der Waals surface area contributed by atoms with E-state index in [1.165, 1.54) is 154 Å². The third kappa shape index (κ3) is 31.9. The lowest BCUT2D eigenvalue weighted by molar-refractivity contribution is 0.179. The van der Waals surface area contributed by atoms with Crippen LogP contribution in [0, 0.1) is 0 Å². The number of thiol groups is 2. The van der Waals surface area contributed by atoms with Crippen LogP contribution in [-0.4, -0.2) is 19.8 Å². The van der Waals surface area contributed by atoms with Crippen molar-refractivity contribution in [3.63, 3.8) is 0 Å². The van der Waals surface area contributed by atoms with Crippen LogP contribution in [0.1, 0.15) is 194 Å². The second kappa shape index (κ2) is 36.4. The summed E-state index contributed by atoms with van der Waals surface area (Å²) in [5.41, 5.74) is 0. The number of hydrogen-bond donors (Lipinski definition) is 2. The topological polar surface area (TPSA) is 27.7 Å². The summed E-state index contributed by atoms with van der Waals surface area (Å²) in [5.74, 6) is 0.653. The van der Waals surface area contributed by atoms with Crippen molar-refractivity contribution in [1.29, 1.82) is 0 Å². The zero-order valence-electron chi connectivity index (χ0n) is 30.2. The standard InChI is InChI=1S/C39H76O3S2Si/c1-4-7-10-13-16-19-22-25-28-31-34-40-45(38-39(44)37-43,41-35-32-29-26-23-20-17-14-11-8-5-2)42-36-33-30-27-24-21-18-15-12-9-6-3/h31-36,39,43-44H,4-30,37-38H2,1-3H3. The Labute approximate surface area is 294 Å². The molecule has 0 aromatic carbocycles. The van der Waals surface area contributed by atoms with Crippen molar-refractivity contribution in [2.24, 2.45) is 0 Å². The minimum atomic E-state index is -3.05. The first-order valence-corrected chi connectivity index (χ1v) is 22.5. The molecule has 1 atom stereocenters. The van der Waals surface area contributed by atoms with E-state index in [4.69, 9.17) is 25.9 Å². The van der Waals surface area contributed by atoms with Crippen LogP contribution in [0.15, 0.2) is 37.0 Å². The van der Waals surface area contributed by atoms with Crippen LogP contribution in [0.5, 0.6) is 0 Å². The smallest absolute Gasteiger partial charge is 0.490 e. The van der Waals surface area contributed by atoms with Crippen molar-refractivity contribution in [3.05, 3.63) is 37.0 Å². The van der Waals surface area contributed by atoms with E-state index in [0.717, 1.165) is 19.3 Å². The molecule has 0 aromatic heterocycles. The second-order valence-electron chi connectivity index (χ2n) is 13.0. The van der Waals surface area contributed by atoms with Crippen LogP contribution in [0.25, 0.3) is 0 Å². The maximum atomic E-state index is 6.39. The Balaban J connectivity index is 4.88. The molecule has 0 spiro atoms. The summed E-state index contributed by atoms with van der Waals surface area (Å²) in [4.78, 5) is 0. The first-order chi connectivity index (χ1) is 22.1. The maximum Gasteiger partial charge on any atom is 0.699 e. The Morgan fingerprint density at radius 1 is 0.444 bits per heavy atom. The molecule has 0 saturated heterocycles. The summed E-state index contributed by atoms with van der Waals surface area (Å²) < 4.78 is 19.2. The molecule has 0 rings (SSSR count). The first kappa shape index (κ1) is 44.5. The lowest BCUT2D eigenvalue weighted by atomic mass is 10.1. The summed E-state index contributed by atoms with van der Waals surface area (Å²) in [6.07, 6.45) is 46.9. The molecule has 0 saturated carbocycles. The molecule has 1 unspecified atom stereocenters. The predicted molar refractivity (Wildman–Crippen MR) is 210 cm³/mol. The van der Waals surface area contributed by atoms with Gasteiger partial charge >= 0.3 is 8.80 Å². The van der Waals surface area contributed by atoms with Crippen molar-refractivity contribution in [3.8, 4) is 0 Å². The van der Waals surface area contributed by atoms with Crippen LogP contribution >= 0.6 is 25.3 Å². The van der Waals surface area contributed by atoms with Crippen LogP contribution in [-0.2, 0) is 13.3 Å². The Morgan fingerprint density at radius 3 is 0.978 bits per heavy atom. The van der Waals surface area contributed by atoms with Crippen molar-refractivity contribution < 1.29 is 13.3 Å². The summed E-state index contributed by atoms with van der Waals surface area (Å²) in [5, 5.41) is 0.0447. The van der Waals surface area contributed by atoms with Gasteiger partial charge in [-0.3, -0.25) is 0 Å². The van der Waals surface area contributed by atoms with Gasteiger partial charge in [0.1, 0.15) is 0 Å². The fraction of sp³-hybridized carbons (Fsp3) is 0.846. The highest BCUT2D eigenvalue weighted by atomic mass is 32.1. The van der Waals surface area contributed by atoms with E-state index in [-0.39, 0.29) is 5.25 Å². The highest BCUT2D eigenvalue weighted by Crippen LogP contribution is 2.24. The van der Waals surface area contributed by atoms with Crippen LogP contribution in [0.4, 0.5) is 0 Å². The second-order valence-corrected chi connectivity index (χ2v) is 16.6. The van der Waals surface area contributed by atoms with E-state index in [9.17, 15) is 0 Å². The maximum absolute atomic E-state index is 6.39. The van der Waals surface area contributed by atoms with E-state index in [0.29, 0.717) is 11.8 Å². The molecular formula is C39H76O3S2Si. The minimum absolute atomic E-state index is 0.0447. The van der Waals surface area contributed by atoms with Crippen molar-refractivity contribution in [1.82, 2.24) is 0 Å². The SMILES string of the molecule is CCCCCCCCCCC=CO[Si](CC(S)CS)(OC=CCCCCCCCCCC)OC=CCCCCCCCCCC.